The van der Waals surface area contributed by atoms with Crippen LogP contribution < -0.4 is 16.4 Å². The molecule has 5 rings (SSSR count). The Bertz CT molecular complexity index is 1420. The van der Waals surface area contributed by atoms with Gasteiger partial charge >= 0.3 is 18.1 Å². The highest BCUT2D eigenvalue weighted by Gasteiger charge is 2.70. The molecular formula is C33H45Cl2N5O7. The highest BCUT2D eigenvalue weighted by Crippen LogP contribution is 2.61. The van der Waals surface area contributed by atoms with E-state index in [1.54, 1.807) is 12.1 Å². The molecule has 1 saturated carbocycles. The van der Waals surface area contributed by atoms with E-state index in [2.05, 4.69) is 10.6 Å². The zero-order valence-electron chi connectivity index (χ0n) is 27.2. The van der Waals surface area contributed by atoms with Crippen LogP contribution in [0.4, 0.5) is 9.59 Å². The van der Waals surface area contributed by atoms with E-state index in [1.807, 2.05) is 20.8 Å². The SMILES string of the molecule is CC(C)(C)NC(=O)N[C@H]1CCCCCCC[C@@]2(CC(=O)[C@@H]3CC(OC(=O)N4Cc5cc(Cl)c(Cl)cc5C4)CN3C1=O)C[C@]2(N)C(=O)O. The fraction of sp³-hybridized carbons (Fsp3) is 0.667. The topological polar surface area (TPSA) is 171 Å². The summed E-state index contributed by atoms with van der Waals surface area (Å²) in [5.41, 5.74) is 5.08. The predicted octanol–water partition coefficient (Wildman–Crippen LogP) is 4.76. The maximum atomic E-state index is 14.2. The zero-order chi connectivity index (χ0) is 34.3. The molecule has 0 aromatic heterocycles. The van der Waals surface area contributed by atoms with Crippen molar-refractivity contribution in [3.8, 4) is 0 Å². The molecule has 4 aliphatic rings. The van der Waals surface area contributed by atoms with Gasteiger partial charge in [0.1, 0.15) is 17.7 Å². The standard InChI is InChI=1S/C33H45Cl2N5O7/c1-31(2,3)38-29(45)37-24-9-7-5-4-6-8-10-32(18-33(32,36)28(43)44)14-26(41)25-13-21(17-40(25)27(24)42)47-30(46)39-15-19-11-22(34)23(35)12-20(19)16-39/h11-12,21,24-25H,4-10,13-18,36H2,1-3H3,(H,43,44)(H2,37,38,45)/t21?,24-,25-,32+,33-/m0/s1. The molecule has 0 radical (unpaired) electrons. The van der Waals surface area contributed by atoms with E-state index >= 15 is 0 Å². The first-order chi connectivity index (χ1) is 22.0. The third-order valence-electron chi connectivity index (χ3n) is 9.98. The lowest BCUT2D eigenvalue weighted by atomic mass is 9.85. The molecule has 4 amide bonds. The third kappa shape index (κ3) is 7.65. The van der Waals surface area contributed by atoms with Gasteiger partial charge in [0.05, 0.1) is 22.6 Å². The maximum Gasteiger partial charge on any atom is 0.410 e. The van der Waals surface area contributed by atoms with E-state index in [1.165, 1.54) is 9.80 Å². The van der Waals surface area contributed by atoms with Gasteiger partial charge in [0.25, 0.3) is 0 Å². The molecule has 14 heteroatoms. The number of carboxylic acid groups (broad SMARTS) is 1. The highest BCUT2D eigenvalue weighted by molar-refractivity contribution is 6.42. The summed E-state index contributed by atoms with van der Waals surface area (Å²) < 4.78 is 5.89. The maximum absolute atomic E-state index is 14.2. The minimum Gasteiger partial charge on any atom is -0.480 e. The van der Waals surface area contributed by atoms with Crippen LogP contribution in [0.3, 0.4) is 0 Å². The van der Waals surface area contributed by atoms with E-state index < -0.39 is 58.7 Å². The van der Waals surface area contributed by atoms with Gasteiger partial charge in [-0.1, -0.05) is 55.3 Å². The summed E-state index contributed by atoms with van der Waals surface area (Å²) in [6.07, 6.45) is 3.55. The van der Waals surface area contributed by atoms with Crippen molar-refractivity contribution in [1.29, 1.82) is 0 Å². The second-order valence-corrected chi connectivity index (χ2v) is 15.5. The molecule has 1 aromatic carbocycles. The number of Topliss-reactive ketones (excluding diaryl/α,β-unsaturated/α-hetero) is 1. The molecule has 3 aliphatic heterocycles. The number of carboxylic acids is 1. The van der Waals surface area contributed by atoms with Gasteiger partial charge in [-0.25, -0.2) is 9.59 Å². The molecule has 1 spiro atoms. The van der Waals surface area contributed by atoms with Gasteiger partial charge < -0.3 is 31.1 Å². The Morgan fingerprint density at radius 3 is 2.23 bits per heavy atom. The van der Waals surface area contributed by atoms with Crippen molar-refractivity contribution in [3.05, 3.63) is 33.3 Å². The number of nitrogens with zero attached hydrogens (tertiary/aromatic N) is 2. The van der Waals surface area contributed by atoms with E-state index in [0.717, 1.165) is 36.8 Å². The normalized spacial score (nSPS) is 30.0. The Kier molecular flexibility index (Phi) is 10.1. The van der Waals surface area contributed by atoms with Crippen molar-refractivity contribution >= 4 is 53.0 Å². The number of ether oxygens (including phenoxy) is 1. The molecule has 258 valence electrons. The van der Waals surface area contributed by atoms with Crippen molar-refractivity contribution < 1.29 is 33.8 Å². The number of hydrogen-bond acceptors (Lipinski definition) is 7. The first-order valence-corrected chi connectivity index (χ1v) is 17.1. The fourth-order valence-electron chi connectivity index (χ4n) is 7.37. The van der Waals surface area contributed by atoms with Crippen molar-refractivity contribution in [2.75, 3.05) is 6.54 Å². The lowest BCUT2D eigenvalue weighted by molar-refractivity contribution is -0.142. The number of rotatable bonds is 3. The molecule has 0 bridgehead atoms. The highest BCUT2D eigenvalue weighted by atomic mass is 35.5. The molecule has 1 aliphatic carbocycles. The van der Waals surface area contributed by atoms with Crippen molar-refractivity contribution in [2.24, 2.45) is 11.1 Å². The van der Waals surface area contributed by atoms with E-state index in [4.69, 9.17) is 33.7 Å². The molecule has 2 saturated heterocycles. The lowest BCUT2D eigenvalue weighted by Crippen LogP contribution is -2.56. The Morgan fingerprint density at radius 1 is 1.02 bits per heavy atom. The molecule has 3 heterocycles. The fourth-order valence-corrected chi connectivity index (χ4v) is 7.74. The molecular weight excluding hydrogens is 649 g/mol. The second kappa shape index (κ2) is 13.4. The number of benzene rings is 1. The van der Waals surface area contributed by atoms with Gasteiger partial charge in [-0.05, 0) is 63.3 Å². The third-order valence-corrected chi connectivity index (χ3v) is 10.7. The average Bonchev–Trinajstić information content (AvgIpc) is 3.26. The number of carbonyl (C=O) groups is 5. The molecule has 1 aromatic rings. The number of halogens is 2. The molecule has 3 fully saturated rings. The van der Waals surface area contributed by atoms with Crippen LogP contribution in [0, 0.1) is 5.41 Å². The number of ketones is 1. The molecule has 47 heavy (non-hydrogen) atoms. The smallest absolute Gasteiger partial charge is 0.410 e. The van der Waals surface area contributed by atoms with E-state index in [0.29, 0.717) is 29.3 Å². The van der Waals surface area contributed by atoms with Gasteiger partial charge in [0.2, 0.25) is 5.91 Å². The van der Waals surface area contributed by atoms with Gasteiger partial charge in [-0.3, -0.25) is 19.3 Å². The van der Waals surface area contributed by atoms with E-state index in [9.17, 15) is 29.1 Å². The summed E-state index contributed by atoms with van der Waals surface area (Å²) in [5.74, 6) is -1.90. The number of nitrogens with two attached hydrogens (primary N) is 1. The zero-order valence-corrected chi connectivity index (χ0v) is 28.7. The molecule has 12 nitrogen and oxygen atoms in total. The molecule has 1 unspecified atom stereocenters. The van der Waals surface area contributed by atoms with Gasteiger partial charge in [0.15, 0.2) is 5.78 Å². The summed E-state index contributed by atoms with van der Waals surface area (Å²) >= 11 is 12.3. The van der Waals surface area contributed by atoms with Gasteiger partial charge in [-0.15, -0.1) is 0 Å². The first kappa shape index (κ1) is 35.2. The van der Waals surface area contributed by atoms with Crippen LogP contribution in [0.1, 0.15) is 96.1 Å². The minimum absolute atomic E-state index is 0.0435. The molecule has 5 atom stereocenters. The Labute approximate surface area is 285 Å². The van der Waals surface area contributed by atoms with Crippen LogP contribution in [0.5, 0.6) is 0 Å². The summed E-state index contributed by atoms with van der Waals surface area (Å²) in [5, 5.41) is 16.4. The second-order valence-electron chi connectivity index (χ2n) is 14.7. The predicted molar refractivity (Wildman–Crippen MR) is 175 cm³/mol. The molecule has 5 N–H and O–H groups in total. The average molecular weight is 695 g/mol. The van der Waals surface area contributed by atoms with Crippen molar-refractivity contribution in [3.63, 3.8) is 0 Å². The Balaban J connectivity index is 1.37. The number of carbonyl (C=O) groups excluding carboxylic acids is 4. The number of amides is 4. The van der Waals surface area contributed by atoms with Crippen LogP contribution in [0.25, 0.3) is 0 Å². The number of aliphatic carboxylic acids is 1. The monoisotopic (exact) mass is 693 g/mol. The largest absolute Gasteiger partial charge is 0.480 e. The van der Waals surface area contributed by atoms with Crippen LogP contribution in [0.2, 0.25) is 10.0 Å². The number of hydrogen-bond donors (Lipinski definition) is 4. The summed E-state index contributed by atoms with van der Waals surface area (Å²) in [7, 11) is 0. The van der Waals surface area contributed by atoms with Crippen LogP contribution >= 0.6 is 23.2 Å². The van der Waals surface area contributed by atoms with Crippen LogP contribution in [-0.4, -0.2) is 80.5 Å². The first-order valence-electron chi connectivity index (χ1n) is 16.4. The number of nitrogens with one attached hydrogen (secondary N) is 2. The minimum atomic E-state index is -1.51. The van der Waals surface area contributed by atoms with Crippen molar-refractivity contribution in [2.45, 2.75) is 127 Å². The summed E-state index contributed by atoms with van der Waals surface area (Å²) in [4.78, 5) is 69.6. The van der Waals surface area contributed by atoms with Crippen LogP contribution in [0.15, 0.2) is 12.1 Å². The quantitative estimate of drug-likeness (QED) is 0.351. The number of fused-ring (bicyclic) bond motifs is 2. The Hall–Kier alpha value is -3.09. The van der Waals surface area contributed by atoms with Crippen LogP contribution in [-0.2, 0) is 32.2 Å². The van der Waals surface area contributed by atoms with E-state index in [-0.39, 0.29) is 44.7 Å². The number of urea groups is 1. The van der Waals surface area contributed by atoms with Gasteiger partial charge in [0, 0.05) is 36.9 Å². The lowest BCUT2D eigenvalue weighted by Gasteiger charge is -2.31. The summed E-state index contributed by atoms with van der Waals surface area (Å²) in [6.45, 7) is 6.00. The van der Waals surface area contributed by atoms with Crippen molar-refractivity contribution in [1.82, 2.24) is 20.4 Å². The Morgan fingerprint density at radius 2 is 1.64 bits per heavy atom. The summed E-state index contributed by atoms with van der Waals surface area (Å²) in [6, 6.07) is 1.07. The van der Waals surface area contributed by atoms with Gasteiger partial charge in [-0.2, -0.15) is 0 Å².